The Kier molecular flexibility index (Phi) is 3.62. The van der Waals surface area contributed by atoms with Crippen LogP contribution in [0.4, 0.5) is 4.79 Å². The van der Waals surface area contributed by atoms with Crippen LogP contribution in [-0.4, -0.2) is 34.4 Å². The van der Waals surface area contributed by atoms with Gasteiger partial charge in [-0.2, -0.15) is 12.6 Å². The Bertz CT molecular complexity index is 286. The first-order valence-electron chi connectivity index (χ1n) is 6.53. The van der Waals surface area contributed by atoms with E-state index in [1.807, 2.05) is 25.7 Å². The van der Waals surface area contributed by atoms with Gasteiger partial charge < -0.3 is 9.64 Å². The number of amides is 1. The van der Waals surface area contributed by atoms with Gasteiger partial charge in [-0.25, -0.2) is 4.79 Å². The standard InChI is InChI=1S/C13H23NO2S/c1-13(2,3)16-12(15)14-10-4-5-11(14)7-9(6-10)8-17/h9-11,17H,4-8H2,1-3H3. The van der Waals surface area contributed by atoms with Gasteiger partial charge in [-0.1, -0.05) is 0 Å². The molecule has 2 saturated heterocycles. The summed E-state index contributed by atoms with van der Waals surface area (Å²) in [5, 5.41) is 0. The average Bonchev–Trinajstić information content (AvgIpc) is 2.47. The highest BCUT2D eigenvalue weighted by atomic mass is 32.1. The summed E-state index contributed by atoms with van der Waals surface area (Å²) in [4.78, 5) is 14.1. The van der Waals surface area contributed by atoms with Crippen LogP contribution < -0.4 is 0 Å². The number of ether oxygens (including phenoxy) is 1. The van der Waals surface area contributed by atoms with Crippen molar-refractivity contribution in [2.45, 2.75) is 64.1 Å². The van der Waals surface area contributed by atoms with Crippen molar-refractivity contribution in [3.63, 3.8) is 0 Å². The van der Waals surface area contributed by atoms with Gasteiger partial charge in [0.2, 0.25) is 0 Å². The van der Waals surface area contributed by atoms with Gasteiger partial charge in [0, 0.05) is 12.1 Å². The molecule has 2 aliphatic rings. The Morgan fingerprint density at radius 2 is 1.82 bits per heavy atom. The van der Waals surface area contributed by atoms with Gasteiger partial charge >= 0.3 is 6.09 Å². The van der Waals surface area contributed by atoms with Gasteiger partial charge in [-0.3, -0.25) is 0 Å². The van der Waals surface area contributed by atoms with Crippen LogP contribution in [0.1, 0.15) is 46.5 Å². The predicted octanol–water partition coefficient (Wildman–Crippen LogP) is 3.09. The second kappa shape index (κ2) is 4.71. The van der Waals surface area contributed by atoms with Crippen LogP contribution in [-0.2, 0) is 4.74 Å². The number of nitrogens with zero attached hydrogens (tertiary/aromatic N) is 1. The highest BCUT2D eigenvalue weighted by molar-refractivity contribution is 7.80. The van der Waals surface area contributed by atoms with Crippen LogP contribution in [0.15, 0.2) is 0 Å². The lowest BCUT2D eigenvalue weighted by Gasteiger charge is -2.39. The molecule has 0 aliphatic carbocycles. The fourth-order valence-electron chi connectivity index (χ4n) is 3.05. The Hall–Kier alpha value is -0.380. The zero-order valence-electron chi connectivity index (χ0n) is 11.0. The van der Waals surface area contributed by atoms with Gasteiger partial charge in [0.1, 0.15) is 5.60 Å². The molecule has 1 amide bonds. The van der Waals surface area contributed by atoms with E-state index in [2.05, 4.69) is 12.6 Å². The summed E-state index contributed by atoms with van der Waals surface area (Å²) in [5.41, 5.74) is -0.392. The van der Waals surface area contributed by atoms with Gasteiger partial charge in [0.05, 0.1) is 0 Å². The minimum Gasteiger partial charge on any atom is -0.444 e. The van der Waals surface area contributed by atoms with Crippen LogP contribution in [0.3, 0.4) is 0 Å². The van der Waals surface area contributed by atoms with E-state index in [4.69, 9.17) is 4.74 Å². The molecule has 98 valence electrons. The lowest BCUT2D eigenvalue weighted by atomic mass is 9.92. The van der Waals surface area contributed by atoms with Gasteiger partial charge in [-0.05, 0) is 58.1 Å². The number of thiol groups is 1. The van der Waals surface area contributed by atoms with Crippen molar-refractivity contribution >= 4 is 18.7 Å². The molecule has 2 rings (SSSR count). The fraction of sp³-hybridized carbons (Fsp3) is 0.923. The SMILES string of the molecule is CC(C)(C)OC(=O)N1C2CCC1CC(CS)C2. The summed E-state index contributed by atoms with van der Waals surface area (Å²) in [6.45, 7) is 5.77. The quantitative estimate of drug-likeness (QED) is 0.731. The Balaban J connectivity index is 2.01. The van der Waals surface area contributed by atoms with E-state index in [9.17, 15) is 4.79 Å². The summed E-state index contributed by atoms with van der Waals surface area (Å²) < 4.78 is 5.49. The number of rotatable bonds is 1. The molecule has 2 aliphatic heterocycles. The molecule has 0 radical (unpaired) electrons. The molecule has 2 fully saturated rings. The monoisotopic (exact) mass is 257 g/mol. The molecule has 3 nitrogen and oxygen atoms in total. The van der Waals surface area contributed by atoms with Crippen molar-refractivity contribution in [3.8, 4) is 0 Å². The lowest BCUT2D eigenvalue weighted by molar-refractivity contribution is 0.00341. The zero-order valence-corrected chi connectivity index (χ0v) is 11.9. The lowest BCUT2D eigenvalue weighted by Crippen LogP contribution is -2.48. The number of carbonyl (C=O) groups is 1. The van der Waals surface area contributed by atoms with Crippen LogP contribution in [0.2, 0.25) is 0 Å². The molecule has 0 aromatic heterocycles. The van der Waals surface area contributed by atoms with E-state index in [1.165, 1.54) is 0 Å². The Labute approximate surface area is 109 Å². The number of fused-ring (bicyclic) bond motifs is 2. The third-order valence-electron chi connectivity index (χ3n) is 3.69. The molecular formula is C13H23NO2S. The van der Waals surface area contributed by atoms with Gasteiger partial charge in [-0.15, -0.1) is 0 Å². The number of piperidine rings is 1. The topological polar surface area (TPSA) is 29.5 Å². The van der Waals surface area contributed by atoms with Crippen LogP contribution >= 0.6 is 12.6 Å². The summed E-state index contributed by atoms with van der Waals surface area (Å²) in [5.74, 6) is 1.62. The molecule has 0 N–H and O–H groups in total. The van der Waals surface area contributed by atoms with E-state index in [0.29, 0.717) is 18.0 Å². The number of hydrogen-bond acceptors (Lipinski definition) is 3. The molecule has 0 spiro atoms. The molecule has 2 bridgehead atoms. The largest absolute Gasteiger partial charge is 0.444 e. The van der Waals surface area contributed by atoms with Gasteiger partial charge in [0.15, 0.2) is 0 Å². The molecule has 2 heterocycles. The third kappa shape index (κ3) is 2.90. The summed E-state index contributed by atoms with van der Waals surface area (Å²) in [7, 11) is 0. The van der Waals surface area contributed by atoms with E-state index < -0.39 is 5.60 Å². The van der Waals surface area contributed by atoms with E-state index >= 15 is 0 Å². The predicted molar refractivity (Wildman–Crippen MR) is 71.5 cm³/mol. The van der Waals surface area contributed by atoms with Crippen LogP contribution in [0.25, 0.3) is 0 Å². The van der Waals surface area contributed by atoms with Crippen molar-refractivity contribution in [2.24, 2.45) is 5.92 Å². The molecule has 2 atom stereocenters. The molecule has 0 aromatic rings. The van der Waals surface area contributed by atoms with E-state index in [-0.39, 0.29) is 6.09 Å². The first-order valence-corrected chi connectivity index (χ1v) is 7.16. The van der Waals surface area contributed by atoms with Crippen molar-refractivity contribution in [3.05, 3.63) is 0 Å². The molecule has 0 aromatic carbocycles. The van der Waals surface area contributed by atoms with Crippen molar-refractivity contribution < 1.29 is 9.53 Å². The molecule has 0 saturated carbocycles. The number of carbonyl (C=O) groups excluding carboxylic acids is 1. The Morgan fingerprint density at radius 1 is 1.29 bits per heavy atom. The van der Waals surface area contributed by atoms with Crippen molar-refractivity contribution in [1.29, 1.82) is 0 Å². The molecule has 4 heteroatoms. The zero-order chi connectivity index (χ0) is 12.6. The van der Waals surface area contributed by atoms with E-state index in [0.717, 1.165) is 31.4 Å². The van der Waals surface area contributed by atoms with E-state index in [1.54, 1.807) is 0 Å². The third-order valence-corrected chi connectivity index (χ3v) is 4.21. The van der Waals surface area contributed by atoms with Crippen molar-refractivity contribution in [2.75, 3.05) is 5.75 Å². The Morgan fingerprint density at radius 3 is 2.24 bits per heavy atom. The highest BCUT2D eigenvalue weighted by Gasteiger charge is 2.44. The molecule has 17 heavy (non-hydrogen) atoms. The smallest absolute Gasteiger partial charge is 0.410 e. The molecular weight excluding hydrogens is 234 g/mol. The second-order valence-electron chi connectivity index (χ2n) is 6.29. The minimum absolute atomic E-state index is 0.123. The summed E-state index contributed by atoms with van der Waals surface area (Å²) in [6, 6.07) is 0.779. The second-order valence-corrected chi connectivity index (χ2v) is 6.66. The minimum atomic E-state index is -0.392. The maximum atomic E-state index is 12.2. The maximum Gasteiger partial charge on any atom is 0.410 e. The van der Waals surface area contributed by atoms with Crippen LogP contribution in [0.5, 0.6) is 0 Å². The average molecular weight is 257 g/mol. The first-order chi connectivity index (χ1) is 7.90. The summed E-state index contributed by atoms with van der Waals surface area (Å²) >= 11 is 4.39. The van der Waals surface area contributed by atoms with Crippen molar-refractivity contribution in [1.82, 2.24) is 4.90 Å². The first kappa shape index (κ1) is 13.1. The van der Waals surface area contributed by atoms with Crippen LogP contribution in [0, 0.1) is 5.92 Å². The molecule has 2 unspecified atom stereocenters. The summed E-state index contributed by atoms with van der Waals surface area (Å²) in [6.07, 6.45) is 4.34. The number of hydrogen-bond donors (Lipinski definition) is 1. The van der Waals surface area contributed by atoms with Gasteiger partial charge in [0.25, 0.3) is 0 Å². The maximum absolute atomic E-state index is 12.2. The normalized spacial score (nSPS) is 32.7. The fourth-order valence-corrected chi connectivity index (χ4v) is 3.35. The highest BCUT2D eigenvalue weighted by Crippen LogP contribution is 2.39.